The molecule has 8 nitrogen and oxygen atoms in total. The number of hydrogen-bond donors (Lipinski definition) is 2. The van der Waals surface area contributed by atoms with Crippen molar-refractivity contribution in [1.82, 2.24) is 0 Å². The van der Waals surface area contributed by atoms with Crippen molar-refractivity contribution < 1.29 is 32.6 Å². The number of rotatable bonds is 8. The number of carbonyl (C=O) groups is 2. The summed E-state index contributed by atoms with van der Waals surface area (Å²) < 4.78 is 33.9. The smallest absolute Gasteiger partial charge is 0.335 e. The van der Waals surface area contributed by atoms with Gasteiger partial charge in [0.1, 0.15) is 5.75 Å². The van der Waals surface area contributed by atoms with Crippen molar-refractivity contribution in [3.8, 4) is 11.5 Å². The fraction of sp³-hybridized carbons (Fsp3) is 0.467. The zero-order valence-corrected chi connectivity index (χ0v) is 14.8. The lowest BCUT2D eigenvalue weighted by Gasteiger charge is -2.15. The van der Waals surface area contributed by atoms with Crippen LogP contribution in [-0.4, -0.2) is 51.1 Å². The number of carbonyl (C=O) groups excluding carboxylic acids is 1. The van der Waals surface area contributed by atoms with Gasteiger partial charge < -0.3 is 19.9 Å². The second-order valence-electron chi connectivity index (χ2n) is 5.56. The van der Waals surface area contributed by atoms with Gasteiger partial charge in [-0.2, -0.15) is 0 Å². The summed E-state index contributed by atoms with van der Waals surface area (Å²) in [5.41, 5.74) is -0.105. The first-order valence-electron chi connectivity index (χ1n) is 7.09. The van der Waals surface area contributed by atoms with Crippen molar-refractivity contribution >= 4 is 27.4 Å². The van der Waals surface area contributed by atoms with E-state index in [0.717, 1.165) is 0 Å². The molecule has 0 heterocycles. The van der Waals surface area contributed by atoms with Gasteiger partial charge in [0.05, 0.1) is 31.2 Å². The molecular weight excluding hydrogens is 338 g/mol. The summed E-state index contributed by atoms with van der Waals surface area (Å²) in [6.07, 6.45) is 0. The van der Waals surface area contributed by atoms with Crippen LogP contribution in [0.4, 0.5) is 5.69 Å². The molecule has 0 aromatic heterocycles. The molecule has 1 amide bonds. The number of ether oxygens (including phenoxy) is 2. The van der Waals surface area contributed by atoms with Gasteiger partial charge in [0.25, 0.3) is 0 Å². The zero-order valence-electron chi connectivity index (χ0n) is 14.0. The third-order valence-corrected chi connectivity index (χ3v) is 4.81. The summed E-state index contributed by atoms with van der Waals surface area (Å²) in [5.74, 6) is -2.70. The summed E-state index contributed by atoms with van der Waals surface area (Å²) in [6, 6.07) is 2.42. The summed E-state index contributed by atoms with van der Waals surface area (Å²) in [6.45, 7) is 3.47. The van der Waals surface area contributed by atoms with Gasteiger partial charge in [0.2, 0.25) is 5.91 Å². The number of aromatic carboxylic acids is 1. The average molecular weight is 359 g/mol. The van der Waals surface area contributed by atoms with Gasteiger partial charge in [0, 0.05) is 0 Å². The molecule has 24 heavy (non-hydrogen) atoms. The topological polar surface area (TPSA) is 119 Å². The maximum absolute atomic E-state index is 12.0. The summed E-state index contributed by atoms with van der Waals surface area (Å²) in [5, 5.41) is 11.5. The van der Waals surface area contributed by atoms with Gasteiger partial charge in [-0.15, -0.1) is 0 Å². The SMILES string of the molecule is COc1cc(C(=O)O)cc(NC(=O)CS(=O)(=O)CC(C)C)c1OC. The van der Waals surface area contributed by atoms with Crippen LogP contribution in [-0.2, 0) is 14.6 Å². The largest absolute Gasteiger partial charge is 0.493 e. The van der Waals surface area contributed by atoms with E-state index in [2.05, 4.69) is 5.32 Å². The molecule has 1 rings (SSSR count). The minimum absolute atomic E-state index is 0.0268. The lowest BCUT2D eigenvalue weighted by Crippen LogP contribution is -2.26. The number of carboxylic acid groups (broad SMARTS) is 1. The van der Waals surface area contributed by atoms with E-state index in [1.165, 1.54) is 26.4 Å². The summed E-state index contributed by atoms with van der Waals surface area (Å²) in [4.78, 5) is 23.2. The lowest BCUT2D eigenvalue weighted by atomic mass is 10.1. The maximum Gasteiger partial charge on any atom is 0.335 e. The van der Waals surface area contributed by atoms with Crippen molar-refractivity contribution in [2.45, 2.75) is 13.8 Å². The normalized spacial score (nSPS) is 11.2. The second kappa shape index (κ2) is 8.00. The first-order valence-corrected chi connectivity index (χ1v) is 8.91. The Bertz CT molecular complexity index is 726. The van der Waals surface area contributed by atoms with Crippen molar-refractivity contribution in [3.05, 3.63) is 17.7 Å². The van der Waals surface area contributed by atoms with E-state index < -0.39 is 27.5 Å². The predicted molar refractivity (Wildman–Crippen MR) is 88.6 cm³/mol. The fourth-order valence-electron chi connectivity index (χ4n) is 2.13. The number of amides is 1. The number of hydrogen-bond acceptors (Lipinski definition) is 6. The Labute approximate surface area is 140 Å². The highest BCUT2D eigenvalue weighted by Gasteiger charge is 2.21. The van der Waals surface area contributed by atoms with Gasteiger partial charge >= 0.3 is 5.97 Å². The Morgan fingerprint density at radius 3 is 2.29 bits per heavy atom. The summed E-state index contributed by atoms with van der Waals surface area (Å²) >= 11 is 0. The number of anilines is 1. The highest BCUT2D eigenvalue weighted by molar-refractivity contribution is 7.92. The second-order valence-corrected chi connectivity index (χ2v) is 7.67. The van der Waals surface area contributed by atoms with E-state index in [1.54, 1.807) is 13.8 Å². The van der Waals surface area contributed by atoms with Gasteiger partial charge in [-0.1, -0.05) is 13.8 Å². The third-order valence-electron chi connectivity index (χ3n) is 2.94. The Balaban J connectivity index is 3.11. The highest BCUT2D eigenvalue weighted by Crippen LogP contribution is 2.36. The van der Waals surface area contributed by atoms with Crippen LogP contribution in [0.25, 0.3) is 0 Å². The molecule has 0 aliphatic heterocycles. The molecule has 0 aliphatic rings. The number of benzene rings is 1. The molecule has 0 atom stereocenters. The lowest BCUT2D eigenvalue weighted by molar-refractivity contribution is -0.113. The molecule has 0 fully saturated rings. The predicted octanol–water partition coefficient (Wildman–Crippen LogP) is 1.41. The molecule has 0 unspecified atom stereocenters. The van der Waals surface area contributed by atoms with Gasteiger partial charge in [-0.05, 0) is 18.1 Å². The van der Waals surface area contributed by atoms with Crippen LogP contribution in [0, 0.1) is 5.92 Å². The van der Waals surface area contributed by atoms with E-state index in [9.17, 15) is 18.0 Å². The van der Waals surface area contributed by atoms with Crippen molar-refractivity contribution in [3.63, 3.8) is 0 Å². The molecule has 2 N–H and O–H groups in total. The minimum Gasteiger partial charge on any atom is -0.493 e. The van der Waals surface area contributed by atoms with E-state index in [-0.39, 0.29) is 34.4 Å². The Kier molecular flexibility index (Phi) is 6.59. The van der Waals surface area contributed by atoms with Crippen LogP contribution in [0.15, 0.2) is 12.1 Å². The van der Waals surface area contributed by atoms with Gasteiger partial charge in [0.15, 0.2) is 21.3 Å². The van der Waals surface area contributed by atoms with E-state index in [0.29, 0.717) is 0 Å². The third kappa shape index (κ3) is 5.41. The average Bonchev–Trinajstić information content (AvgIpc) is 2.43. The molecule has 0 bridgehead atoms. The van der Waals surface area contributed by atoms with Crippen LogP contribution in [0.1, 0.15) is 24.2 Å². The Morgan fingerprint density at radius 2 is 1.83 bits per heavy atom. The molecule has 9 heteroatoms. The molecule has 0 aliphatic carbocycles. The zero-order chi connectivity index (χ0) is 18.5. The molecule has 1 aromatic carbocycles. The van der Waals surface area contributed by atoms with Crippen molar-refractivity contribution in [2.75, 3.05) is 31.0 Å². The summed E-state index contributed by atoms with van der Waals surface area (Å²) in [7, 11) is -0.918. The quantitative estimate of drug-likeness (QED) is 0.720. The Morgan fingerprint density at radius 1 is 1.21 bits per heavy atom. The first-order chi connectivity index (χ1) is 11.1. The molecular formula is C15H21NO7S. The number of sulfone groups is 1. The maximum atomic E-state index is 12.0. The molecule has 1 aromatic rings. The number of carboxylic acids is 1. The first kappa shape index (κ1) is 19.8. The molecule has 0 radical (unpaired) electrons. The number of methoxy groups -OCH3 is 2. The van der Waals surface area contributed by atoms with Crippen LogP contribution in [0.2, 0.25) is 0 Å². The molecule has 0 saturated heterocycles. The fourth-order valence-corrected chi connectivity index (χ4v) is 3.74. The van der Waals surface area contributed by atoms with E-state index >= 15 is 0 Å². The highest BCUT2D eigenvalue weighted by atomic mass is 32.2. The molecule has 0 saturated carbocycles. The Hall–Kier alpha value is -2.29. The van der Waals surface area contributed by atoms with Crippen molar-refractivity contribution in [2.24, 2.45) is 5.92 Å². The van der Waals surface area contributed by atoms with Gasteiger partial charge in [-0.3, -0.25) is 4.79 Å². The van der Waals surface area contributed by atoms with Crippen molar-refractivity contribution in [1.29, 1.82) is 0 Å². The van der Waals surface area contributed by atoms with E-state index in [4.69, 9.17) is 14.6 Å². The van der Waals surface area contributed by atoms with Crippen LogP contribution < -0.4 is 14.8 Å². The molecule has 134 valence electrons. The molecule has 0 spiro atoms. The standard InChI is InChI=1S/C15H21NO7S/c1-9(2)7-24(20,21)8-13(17)16-11-5-10(15(18)19)6-12(22-3)14(11)23-4/h5-6,9H,7-8H2,1-4H3,(H,16,17)(H,18,19). The monoisotopic (exact) mass is 359 g/mol. The van der Waals surface area contributed by atoms with Crippen LogP contribution in [0.3, 0.4) is 0 Å². The van der Waals surface area contributed by atoms with Gasteiger partial charge in [-0.25, -0.2) is 13.2 Å². The van der Waals surface area contributed by atoms with E-state index in [1.807, 2.05) is 0 Å². The van der Waals surface area contributed by atoms with Crippen LogP contribution >= 0.6 is 0 Å². The minimum atomic E-state index is -3.56. The van der Waals surface area contributed by atoms with Crippen LogP contribution in [0.5, 0.6) is 11.5 Å². The number of nitrogens with one attached hydrogen (secondary N) is 1.